The Morgan fingerprint density at radius 2 is 1.67 bits per heavy atom. The summed E-state index contributed by atoms with van der Waals surface area (Å²) in [5.41, 5.74) is 6.60. The fourth-order valence-electron chi connectivity index (χ4n) is 1.92. The van der Waals surface area contributed by atoms with Gasteiger partial charge in [0.15, 0.2) is 0 Å². The predicted molar refractivity (Wildman–Crippen MR) is 78.7 cm³/mol. The van der Waals surface area contributed by atoms with Gasteiger partial charge in [0.25, 0.3) is 5.91 Å². The lowest BCUT2D eigenvalue weighted by Gasteiger charge is -2.15. The molecule has 4 N–H and O–H groups in total. The Morgan fingerprint density at radius 1 is 1.05 bits per heavy atom. The van der Waals surface area contributed by atoms with Gasteiger partial charge in [-0.3, -0.25) is 9.59 Å². The number of phenolic OH excluding ortho intramolecular Hbond substituents is 1. The standard InChI is InChI=1S/C16H16N2O3/c17-15(20)14(10-11-6-8-13(19)9-7-11)18-16(21)12-4-2-1-3-5-12/h1-9,14,19H,10H2,(H2,17,20)(H,18,21). The van der Waals surface area contributed by atoms with Gasteiger partial charge in [-0.15, -0.1) is 0 Å². The van der Waals surface area contributed by atoms with Crippen LogP contribution in [0.15, 0.2) is 54.6 Å². The average molecular weight is 284 g/mol. The number of carbonyl (C=O) groups excluding carboxylic acids is 2. The van der Waals surface area contributed by atoms with Gasteiger partial charge in [-0.1, -0.05) is 30.3 Å². The van der Waals surface area contributed by atoms with Crippen molar-refractivity contribution in [3.63, 3.8) is 0 Å². The third-order valence-corrected chi connectivity index (χ3v) is 3.06. The largest absolute Gasteiger partial charge is 0.508 e. The van der Waals surface area contributed by atoms with Crippen molar-refractivity contribution in [3.05, 3.63) is 65.7 Å². The number of hydrogen-bond acceptors (Lipinski definition) is 3. The maximum absolute atomic E-state index is 12.0. The third kappa shape index (κ3) is 4.07. The first-order chi connectivity index (χ1) is 10.1. The molecule has 0 saturated heterocycles. The van der Waals surface area contributed by atoms with Gasteiger partial charge in [0.2, 0.25) is 5.91 Å². The molecule has 1 unspecified atom stereocenters. The molecule has 0 saturated carbocycles. The zero-order chi connectivity index (χ0) is 15.2. The number of benzene rings is 2. The first-order valence-electron chi connectivity index (χ1n) is 6.49. The van der Waals surface area contributed by atoms with Crippen molar-refractivity contribution in [3.8, 4) is 5.75 Å². The van der Waals surface area contributed by atoms with Gasteiger partial charge in [0.05, 0.1) is 0 Å². The number of carbonyl (C=O) groups is 2. The molecule has 0 aliphatic rings. The first kappa shape index (κ1) is 14.6. The van der Waals surface area contributed by atoms with E-state index in [9.17, 15) is 14.7 Å². The predicted octanol–water partition coefficient (Wildman–Crippen LogP) is 1.22. The molecule has 0 aliphatic carbocycles. The molecule has 21 heavy (non-hydrogen) atoms. The normalized spacial score (nSPS) is 11.6. The van der Waals surface area contributed by atoms with Gasteiger partial charge >= 0.3 is 0 Å². The smallest absolute Gasteiger partial charge is 0.251 e. The van der Waals surface area contributed by atoms with E-state index >= 15 is 0 Å². The van der Waals surface area contributed by atoms with E-state index in [1.165, 1.54) is 12.1 Å². The van der Waals surface area contributed by atoms with E-state index in [0.717, 1.165) is 5.56 Å². The number of phenols is 1. The van der Waals surface area contributed by atoms with Crippen LogP contribution >= 0.6 is 0 Å². The summed E-state index contributed by atoms with van der Waals surface area (Å²) in [4.78, 5) is 23.5. The summed E-state index contributed by atoms with van der Waals surface area (Å²) < 4.78 is 0. The maximum atomic E-state index is 12.0. The van der Waals surface area contributed by atoms with Crippen molar-refractivity contribution in [1.82, 2.24) is 5.32 Å². The van der Waals surface area contributed by atoms with E-state index in [-0.39, 0.29) is 18.1 Å². The fourth-order valence-corrected chi connectivity index (χ4v) is 1.92. The summed E-state index contributed by atoms with van der Waals surface area (Å²) in [6.07, 6.45) is 0.272. The van der Waals surface area contributed by atoms with E-state index in [0.29, 0.717) is 5.56 Å². The molecular weight excluding hydrogens is 268 g/mol. The number of amides is 2. The summed E-state index contributed by atoms with van der Waals surface area (Å²) in [5.74, 6) is -0.812. The van der Waals surface area contributed by atoms with Crippen molar-refractivity contribution < 1.29 is 14.7 Å². The second kappa shape index (κ2) is 6.56. The van der Waals surface area contributed by atoms with Crippen molar-refractivity contribution >= 4 is 11.8 Å². The highest BCUT2D eigenvalue weighted by Crippen LogP contribution is 2.11. The lowest BCUT2D eigenvalue weighted by Crippen LogP contribution is -2.45. The van der Waals surface area contributed by atoms with E-state index < -0.39 is 11.9 Å². The molecule has 108 valence electrons. The van der Waals surface area contributed by atoms with Crippen LogP contribution in [-0.4, -0.2) is 23.0 Å². The fraction of sp³-hybridized carbons (Fsp3) is 0.125. The van der Waals surface area contributed by atoms with E-state index in [2.05, 4.69) is 5.32 Å². The van der Waals surface area contributed by atoms with Crippen molar-refractivity contribution in [2.75, 3.05) is 0 Å². The second-order valence-electron chi connectivity index (χ2n) is 4.67. The molecule has 5 nitrogen and oxygen atoms in total. The van der Waals surface area contributed by atoms with Crippen LogP contribution < -0.4 is 11.1 Å². The quantitative estimate of drug-likeness (QED) is 0.770. The molecule has 0 heterocycles. The Balaban J connectivity index is 2.07. The average Bonchev–Trinajstić information content (AvgIpc) is 2.49. The van der Waals surface area contributed by atoms with Crippen molar-refractivity contribution in [1.29, 1.82) is 0 Å². The van der Waals surface area contributed by atoms with Crippen molar-refractivity contribution in [2.24, 2.45) is 5.73 Å². The molecule has 2 amide bonds. The van der Waals surface area contributed by atoms with E-state index in [1.54, 1.807) is 42.5 Å². The maximum Gasteiger partial charge on any atom is 0.251 e. The molecular formula is C16H16N2O3. The summed E-state index contributed by atoms with van der Waals surface area (Å²) in [5, 5.41) is 11.9. The molecule has 5 heteroatoms. The van der Waals surface area contributed by atoms with E-state index in [4.69, 9.17) is 5.73 Å². The molecule has 2 aromatic carbocycles. The van der Waals surface area contributed by atoms with Crippen LogP contribution in [0.4, 0.5) is 0 Å². The van der Waals surface area contributed by atoms with Gasteiger partial charge in [-0.25, -0.2) is 0 Å². The zero-order valence-corrected chi connectivity index (χ0v) is 11.3. The monoisotopic (exact) mass is 284 g/mol. The number of rotatable bonds is 5. The Kier molecular flexibility index (Phi) is 4.56. The van der Waals surface area contributed by atoms with Gasteiger partial charge < -0.3 is 16.2 Å². The van der Waals surface area contributed by atoms with Crippen LogP contribution in [0.3, 0.4) is 0 Å². The Bertz CT molecular complexity index is 624. The van der Waals surface area contributed by atoms with Crippen LogP contribution in [0.2, 0.25) is 0 Å². The molecule has 1 atom stereocenters. The third-order valence-electron chi connectivity index (χ3n) is 3.06. The molecule has 2 rings (SSSR count). The topological polar surface area (TPSA) is 92.4 Å². The zero-order valence-electron chi connectivity index (χ0n) is 11.3. The molecule has 0 aliphatic heterocycles. The first-order valence-corrected chi connectivity index (χ1v) is 6.49. The SMILES string of the molecule is NC(=O)C(Cc1ccc(O)cc1)NC(=O)c1ccccc1. The Hall–Kier alpha value is -2.82. The highest BCUT2D eigenvalue weighted by atomic mass is 16.3. The number of aromatic hydroxyl groups is 1. The lowest BCUT2D eigenvalue weighted by atomic mass is 10.0. The van der Waals surface area contributed by atoms with E-state index in [1.807, 2.05) is 0 Å². The van der Waals surface area contributed by atoms with Crippen molar-refractivity contribution in [2.45, 2.75) is 12.5 Å². The van der Waals surface area contributed by atoms with Crippen LogP contribution in [0, 0.1) is 0 Å². The number of nitrogens with two attached hydrogens (primary N) is 1. The number of primary amides is 1. The van der Waals surface area contributed by atoms with Crippen LogP contribution in [0.1, 0.15) is 15.9 Å². The number of hydrogen-bond donors (Lipinski definition) is 3. The van der Waals surface area contributed by atoms with Gasteiger partial charge in [0, 0.05) is 12.0 Å². The Labute approximate surface area is 122 Å². The van der Waals surface area contributed by atoms with Crippen LogP contribution in [-0.2, 0) is 11.2 Å². The molecule has 0 aromatic heterocycles. The minimum Gasteiger partial charge on any atom is -0.508 e. The summed E-state index contributed by atoms with van der Waals surface area (Å²) in [7, 11) is 0. The highest BCUT2D eigenvalue weighted by molar-refractivity contribution is 5.97. The van der Waals surface area contributed by atoms with Crippen LogP contribution in [0.25, 0.3) is 0 Å². The molecule has 0 fully saturated rings. The van der Waals surface area contributed by atoms with Crippen LogP contribution in [0.5, 0.6) is 5.75 Å². The molecule has 0 spiro atoms. The molecule has 0 bridgehead atoms. The molecule has 2 aromatic rings. The number of nitrogens with one attached hydrogen (secondary N) is 1. The highest BCUT2D eigenvalue weighted by Gasteiger charge is 2.19. The minimum atomic E-state index is -0.803. The van der Waals surface area contributed by atoms with Gasteiger partial charge in [-0.05, 0) is 29.8 Å². The summed E-state index contributed by atoms with van der Waals surface area (Å²) in [6.45, 7) is 0. The second-order valence-corrected chi connectivity index (χ2v) is 4.67. The molecule has 0 radical (unpaired) electrons. The Morgan fingerprint density at radius 3 is 2.24 bits per heavy atom. The lowest BCUT2D eigenvalue weighted by molar-refractivity contribution is -0.119. The minimum absolute atomic E-state index is 0.141. The van der Waals surface area contributed by atoms with Gasteiger partial charge in [0.1, 0.15) is 11.8 Å². The van der Waals surface area contributed by atoms with Gasteiger partial charge in [-0.2, -0.15) is 0 Å². The summed E-state index contributed by atoms with van der Waals surface area (Å²) in [6, 6.07) is 14.2. The summed E-state index contributed by atoms with van der Waals surface area (Å²) >= 11 is 0.